The lowest BCUT2D eigenvalue weighted by Gasteiger charge is -2.49. The van der Waals surface area contributed by atoms with Crippen molar-refractivity contribution in [3.8, 4) is 0 Å². The van der Waals surface area contributed by atoms with Crippen LogP contribution in [-0.2, 0) is 43.8 Å². The summed E-state index contributed by atoms with van der Waals surface area (Å²) in [5.74, 6) is -4.22. The van der Waals surface area contributed by atoms with Gasteiger partial charge in [-0.1, -0.05) is 157 Å². The molecule has 14 nitrogen and oxygen atoms in total. The Morgan fingerprint density at radius 2 is 1.31 bits per heavy atom. The van der Waals surface area contributed by atoms with Gasteiger partial charge in [-0.05, 0) is 41.7 Å². The summed E-state index contributed by atoms with van der Waals surface area (Å²) in [6.45, 7) is 3.82. The predicted octanol–water partition coefficient (Wildman–Crippen LogP) is 7.68. The zero-order chi connectivity index (χ0) is 47.1. The molecule has 2 atom stereocenters. The predicted molar refractivity (Wildman–Crippen MR) is 254 cm³/mol. The minimum atomic E-state index is -1.77. The molecule has 0 aliphatic carbocycles. The summed E-state index contributed by atoms with van der Waals surface area (Å²) in [6, 6.07) is 46.9. The molecule has 0 radical (unpaired) electrons. The molecule has 67 heavy (non-hydrogen) atoms. The van der Waals surface area contributed by atoms with E-state index in [0.717, 1.165) is 32.7 Å². The number of benzene rings is 5. The fraction of sp³-hybridized carbons (Fsp3) is 0.196. The number of carboxylic acids is 1. The summed E-state index contributed by atoms with van der Waals surface area (Å²) in [6.07, 6.45) is -0.796. The van der Waals surface area contributed by atoms with Gasteiger partial charge < -0.3 is 30.1 Å². The molecule has 5 aromatic carbocycles. The summed E-state index contributed by atoms with van der Waals surface area (Å²) in [7, 11) is 0. The highest BCUT2D eigenvalue weighted by Crippen LogP contribution is 2.42. The van der Waals surface area contributed by atoms with Gasteiger partial charge >= 0.3 is 17.9 Å². The molecular weight excluding hydrogens is 891 g/mol. The van der Waals surface area contributed by atoms with E-state index in [1.54, 1.807) is 5.38 Å². The number of aromatic nitrogens is 1. The summed E-state index contributed by atoms with van der Waals surface area (Å²) in [4.78, 5) is 78.3. The Morgan fingerprint density at radius 3 is 1.81 bits per heavy atom. The van der Waals surface area contributed by atoms with Crippen molar-refractivity contribution in [1.29, 1.82) is 0 Å². The summed E-state index contributed by atoms with van der Waals surface area (Å²) in [5, 5.41) is 22.0. The molecule has 0 spiro atoms. The van der Waals surface area contributed by atoms with Gasteiger partial charge in [0.1, 0.15) is 35.0 Å². The van der Waals surface area contributed by atoms with E-state index in [1.165, 1.54) is 43.9 Å². The van der Waals surface area contributed by atoms with Crippen LogP contribution in [0.25, 0.3) is 0 Å². The molecule has 8 rings (SSSR count). The number of thiazole rings is 1. The third kappa shape index (κ3) is 9.71. The number of carboxylic acid groups (broad SMARTS) is 1. The maximum Gasteiger partial charge on any atom is 0.353 e. The van der Waals surface area contributed by atoms with Crippen LogP contribution in [0.5, 0.6) is 0 Å². The van der Waals surface area contributed by atoms with Gasteiger partial charge in [-0.25, -0.2) is 14.6 Å². The first kappa shape index (κ1) is 46.0. The zero-order valence-electron chi connectivity index (χ0n) is 36.5. The van der Waals surface area contributed by atoms with E-state index in [1.807, 2.05) is 152 Å². The number of oxime groups is 1. The highest BCUT2D eigenvalue weighted by Gasteiger charge is 2.54. The molecule has 1 fully saturated rings. The van der Waals surface area contributed by atoms with E-state index < -0.39 is 58.4 Å². The molecule has 2 aliphatic rings. The second kappa shape index (κ2) is 19.9. The number of nitrogens with one attached hydrogen (secondary N) is 2. The number of amides is 2. The van der Waals surface area contributed by atoms with Crippen molar-refractivity contribution in [2.75, 3.05) is 17.7 Å². The molecule has 0 unspecified atom stereocenters. The van der Waals surface area contributed by atoms with Crippen LogP contribution in [0.1, 0.15) is 60.4 Å². The summed E-state index contributed by atoms with van der Waals surface area (Å²) < 4.78 is 11.2. The van der Waals surface area contributed by atoms with E-state index in [-0.39, 0.29) is 35.0 Å². The van der Waals surface area contributed by atoms with Crippen molar-refractivity contribution in [3.63, 3.8) is 0 Å². The standard InChI is InChI=1S/C51H45N5O9S2/c1-32(57)63-29-35-30-66-46-41(45(59)56(46)42(35)47(60)61)53-44(58)40(55-65-50(2,3)48(62)64-43(33-19-9-4-10-20-33)34-21-11-5-12-22-34)39-31-67-49(52-39)54-51(36-23-13-6-14-24-36,37-25-15-7-16-26-37)38-27-17-8-18-28-38/h4-28,31,41,43,46H,29-30H2,1-3H3,(H,52,54)(H,53,58)(H,60,61)/t41-,46-/m1/s1. The first-order chi connectivity index (χ1) is 32.4. The van der Waals surface area contributed by atoms with Gasteiger partial charge in [0.15, 0.2) is 16.9 Å². The Bertz CT molecular complexity index is 2690. The number of fused-ring (bicyclic) bond motifs is 1. The number of thioether (sulfide) groups is 1. The van der Waals surface area contributed by atoms with E-state index in [9.17, 15) is 29.1 Å². The van der Waals surface area contributed by atoms with Gasteiger partial charge in [-0.3, -0.25) is 19.3 Å². The largest absolute Gasteiger partial charge is 0.477 e. The van der Waals surface area contributed by atoms with Crippen LogP contribution in [0.15, 0.2) is 173 Å². The molecule has 2 aliphatic heterocycles. The Hall–Kier alpha value is -7.56. The molecule has 6 aromatic rings. The molecule has 1 aromatic heterocycles. The van der Waals surface area contributed by atoms with E-state index >= 15 is 0 Å². The lowest BCUT2D eigenvalue weighted by molar-refractivity contribution is -0.172. The third-order valence-corrected chi connectivity index (χ3v) is 13.2. The van der Waals surface area contributed by atoms with Crippen molar-refractivity contribution < 1.29 is 43.4 Å². The van der Waals surface area contributed by atoms with Crippen molar-refractivity contribution >= 4 is 63.7 Å². The van der Waals surface area contributed by atoms with Crippen LogP contribution >= 0.6 is 23.1 Å². The number of carbonyl (C=O) groups excluding carboxylic acids is 4. The number of esters is 2. The van der Waals surface area contributed by atoms with Crippen LogP contribution in [0.4, 0.5) is 5.13 Å². The lowest BCUT2D eigenvalue weighted by atomic mass is 9.77. The van der Waals surface area contributed by atoms with E-state index in [0.29, 0.717) is 5.13 Å². The van der Waals surface area contributed by atoms with Gasteiger partial charge in [0.2, 0.25) is 5.60 Å². The fourth-order valence-electron chi connectivity index (χ4n) is 7.81. The van der Waals surface area contributed by atoms with E-state index in [2.05, 4.69) is 15.8 Å². The molecule has 0 bridgehead atoms. The second-order valence-electron chi connectivity index (χ2n) is 16.1. The van der Waals surface area contributed by atoms with Crippen LogP contribution in [-0.4, -0.2) is 79.8 Å². The number of hydrogen-bond donors (Lipinski definition) is 3. The Kier molecular flexibility index (Phi) is 13.7. The normalized spacial score (nSPS) is 16.1. The van der Waals surface area contributed by atoms with Gasteiger partial charge in [-0.2, -0.15) is 0 Å². The van der Waals surface area contributed by atoms with Crippen molar-refractivity contribution in [3.05, 3.63) is 202 Å². The van der Waals surface area contributed by atoms with Gasteiger partial charge in [-0.15, -0.1) is 23.1 Å². The molecule has 1 saturated heterocycles. The maximum atomic E-state index is 14.6. The first-order valence-corrected chi connectivity index (χ1v) is 23.1. The Morgan fingerprint density at radius 1 is 0.806 bits per heavy atom. The molecule has 3 heterocycles. The SMILES string of the molecule is CC(=O)OCC1=C(C(=O)O)N2C(=O)[C@@H](NC(=O)C(=NOC(C)(C)C(=O)OC(c3ccccc3)c3ccccc3)c3csc(NC(c4ccccc4)(c4ccccc4)c4ccccc4)n3)[C@H]2SC1. The van der Waals surface area contributed by atoms with Crippen molar-refractivity contribution in [2.24, 2.45) is 5.16 Å². The minimum Gasteiger partial charge on any atom is -0.477 e. The molecule has 16 heteroatoms. The number of rotatable bonds is 17. The molecule has 2 amide bonds. The smallest absolute Gasteiger partial charge is 0.353 e. The number of carbonyl (C=O) groups is 5. The summed E-state index contributed by atoms with van der Waals surface area (Å²) in [5.41, 5.74) is 1.06. The van der Waals surface area contributed by atoms with Gasteiger partial charge in [0.25, 0.3) is 11.8 Å². The third-order valence-electron chi connectivity index (χ3n) is 11.1. The molecule has 340 valence electrons. The number of aliphatic carboxylic acids is 1. The van der Waals surface area contributed by atoms with Crippen molar-refractivity contribution in [1.82, 2.24) is 15.2 Å². The average molecular weight is 936 g/mol. The highest BCUT2D eigenvalue weighted by atomic mass is 32.2. The van der Waals surface area contributed by atoms with Crippen LogP contribution in [0, 0.1) is 0 Å². The van der Waals surface area contributed by atoms with Crippen LogP contribution in [0.2, 0.25) is 0 Å². The fourth-order valence-corrected chi connectivity index (χ4v) is 9.89. The maximum absolute atomic E-state index is 14.6. The number of nitrogens with zero attached hydrogens (tertiary/aromatic N) is 3. The molecule has 0 saturated carbocycles. The quantitative estimate of drug-likeness (QED) is 0.0267. The average Bonchev–Trinajstić information content (AvgIpc) is 3.82. The summed E-state index contributed by atoms with van der Waals surface area (Å²) >= 11 is 2.41. The topological polar surface area (TPSA) is 186 Å². The lowest BCUT2D eigenvalue weighted by Crippen LogP contribution is -2.71. The van der Waals surface area contributed by atoms with Crippen LogP contribution in [0.3, 0.4) is 0 Å². The molecule has 3 N–H and O–H groups in total. The number of β-lactam (4-membered cyclic amide) rings is 1. The van der Waals surface area contributed by atoms with Crippen LogP contribution < -0.4 is 10.6 Å². The first-order valence-electron chi connectivity index (χ1n) is 21.2. The Labute approximate surface area is 394 Å². The van der Waals surface area contributed by atoms with Crippen molar-refractivity contribution in [2.45, 2.75) is 49.4 Å². The zero-order valence-corrected chi connectivity index (χ0v) is 38.2. The highest BCUT2D eigenvalue weighted by molar-refractivity contribution is 8.00. The molecular formula is C51H45N5O9S2. The van der Waals surface area contributed by atoms with Gasteiger partial charge in [0, 0.05) is 23.6 Å². The Balaban J connectivity index is 1.14. The number of ether oxygens (including phenoxy) is 2. The number of anilines is 1. The second-order valence-corrected chi connectivity index (χ2v) is 18.0. The number of hydrogen-bond acceptors (Lipinski definition) is 13. The minimum absolute atomic E-state index is 0.0541. The monoisotopic (exact) mass is 935 g/mol. The van der Waals surface area contributed by atoms with Gasteiger partial charge in [0.05, 0.1) is 0 Å². The van der Waals surface area contributed by atoms with E-state index in [4.69, 9.17) is 19.3 Å².